The van der Waals surface area contributed by atoms with Crippen molar-refractivity contribution in [2.24, 2.45) is 0 Å². The van der Waals surface area contributed by atoms with Crippen LogP contribution >= 0.6 is 11.3 Å². The van der Waals surface area contributed by atoms with Crippen molar-refractivity contribution in [3.8, 4) is 17.0 Å². The van der Waals surface area contributed by atoms with Crippen LogP contribution in [0, 0.1) is 6.92 Å². The highest BCUT2D eigenvalue weighted by Gasteiger charge is 2.20. The number of amides is 1. The molecule has 0 saturated heterocycles. The Morgan fingerprint density at radius 2 is 1.73 bits per heavy atom. The third kappa shape index (κ3) is 5.21. The average Bonchev–Trinajstić information content (AvgIpc) is 3.28. The molecule has 4 rings (SSSR count). The molecule has 0 saturated carbocycles. The number of hydrogen-bond acceptors (Lipinski definition) is 6. The van der Waals surface area contributed by atoms with Crippen molar-refractivity contribution in [2.75, 3.05) is 17.1 Å². The summed E-state index contributed by atoms with van der Waals surface area (Å²) in [5, 5.41) is 4.99. The largest absolute Gasteiger partial charge is 0.497 e. The van der Waals surface area contributed by atoms with Gasteiger partial charge in [0, 0.05) is 10.9 Å². The summed E-state index contributed by atoms with van der Waals surface area (Å²) in [5.74, 6) is -0.0907. The summed E-state index contributed by atoms with van der Waals surface area (Å²) in [5.41, 5.74) is 2.86. The molecule has 168 valence electrons. The number of sulfonamides is 1. The fraction of sp³-hybridized carbons (Fsp3) is 0.0833. The number of hydrogen-bond donors (Lipinski definition) is 2. The second-order valence-corrected chi connectivity index (χ2v) is 9.73. The number of methoxy groups -OCH3 is 1. The van der Waals surface area contributed by atoms with Crippen LogP contribution in [0.4, 0.5) is 10.8 Å². The Balaban J connectivity index is 1.61. The molecule has 0 fully saturated rings. The zero-order chi connectivity index (χ0) is 23.4. The van der Waals surface area contributed by atoms with Crippen LogP contribution in [0.25, 0.3) is 11.3 Å². The van der Waals surface area contributed by atoms with E-state index in [0.29, 0.717) is 10.9 Å². The highest BCUT2D eigenvalue weighted by atomic mass is 32.2. The predicted octanol–water partition coefficient (Wildman–Crippen LogP) is 5.18. The molecule has 0 atom stereocenters. The van der Waals surface area contributed by atoms with Gasteiger partial charge in [-0.25, -0.2) is 13.4 Å². The number of anilines is 2. The molecule has 0 spiro atoms. The van der Waals surface area contributed by atoms with E-state index in [2.05, 4.69) is 15.0 Å². The zero-order valence-electron chi connectivity index (χ0n) is 17.9. The van der Waals surface area contributed by atoms with Crippen LogP contribution in [-0.4, -0.2) is 26.4 Å². The smallest absolute Gasteiger partial charge is 0.261 e. The summed E-state index contributed by atoms with van der Waals surface area (Å²) in [6, 6.07) is 20.6. The molecule has 0 bridgehead atoms. The maximum atomic E-state index is 13.1. The van der Waals surface area contributed by atoms with Crippen LogP contribution in [0.5, 0.6) is 5.75 Å². The van der Waals surface area contributed by atoms with Crippen molar-refractivity contribution >= 4 is 38.1 Å². The van der Waals surface area contributed by atoms with E-state index in [9.17, 15) is 13.2 Å². The lowest BCUT2D eigenvalue weighted by Gasteiger charge is -2.14. The summed E-state index contributed by atoms with van der Waals surface area (Å²) in [6.07, 6.45) is 0. The molecular weight excluding hydrogens is 458 g/mol. The van der Waals surface area contributed by atoms with E-state index < -0.39 is 15.9 Å². The van der Waals surface area contributed by atoms with Crippen molar-refractivity contribution in [1.29, 1.82) is 0 Å². The molecule has 0 radical (unpaired) electrons. The zero-order valence-corrected chi connectivity index (χ0v) is 19.5. The number of nitrogens with one attached hydrogen (secondary N) is 2. The fourth-order valence-electron chi connectivity index (χ4n) is 3.09. The Morgan fingerprint density at radius 3 is 2.42 bits per heavy atom. The lowest BCUT2D eigenvalue weighted by atomic mass is 10.1. The maximum absolute atomic E-state index is 13.1. The molecule has 0 unspecified atom stereocenters. The molecule has 1 amide bonds. The number of carbonyl (C=O) groups excluding carboxylic acids is 1. The van der Waals surface area contributed by atoms with Gasteiger partial charge in [-0.1, -0.05) is 48.0 Å². The van der Waals surface area contributed by atoms with E-state index in [1.54, 1.807) is 18.2 Å². The molecule has 0 aliphatic rings. The minimum absolute atomic E-state index is 0.0997. The summed E-state index contributed by atoms with van der Waals surface area (Å²) < 4.78 is 33.5. The summed E-state index contributed by atoms with van der Waals surface area (Å²) in [6.45, 7) is 1.87. The van der Waals surface area contributed by atoms with E-state index in [4.69, 9.17) is 4.74 Å². The number of ether oxygens (including phenoxy) is 1. The molecule has 1 heterocycles. The Morgan fingerprint density at radius 1 is 1.00 bits per heavy atom. The van der Waals surface area contributed by atoms with Gasteiger partial charge >= 0.3 is 0 Å². The van der Waals surface area contributed by atoms with Gasteiger partial charge in [0.15, 0.2) is 5.13 Å². The van der Waals surface area contributed by atoms with Crippen LogP contribution in [0.3, 0.4) is 0 Å². The van der Waals surface area contributed by atoms with Crippen LogP contribution in [0.1, 0.15) is 15.9 Å². The van der Waals surface area contributed by atoms with Crippen LogP contribution in [0.15, 0.2) is 83.1 Å². The maximum Gasteiger partial charge on any atom is 0.261 e. The predicted molar refractivity (Wildman–Crippen MR) is 130 cm³/mol. The molecule has 33 heavy (non-hydrogen) atoms. The first-order valence-electron chi connectivity index (χ1n) is 9.95. The van der Waals surface area contributed by atoms with Crippen molar-refractivity contribution in [3.05, 3.63) is 89.3 Å². The molecular formula is C24H21N3O4S2. The van der Waals surface area contributed by atoms with Crippen LogP contribution < -0.4 is 14.8 Å². The number of aryl methyl sites for hydroxylation is 1. The normalized spacial score (nSPS) is 11.1. The molecule has 4 aromatic rings. The van der Waals surface area contributed by atoms with Crippen molar-refractivity contribution < 1.29 is 17.9 Å². The van der Waals surface area contributed by atoms with Crippen LogP contribution in [-0.2, 0) is 10.0 Å². The topological polar surface area (TPSA) is 97.4 Å². The van der Waals surface area contributed by atoms with E-state index in [1.807, 2.05) is 42.6 Å². The highest BCUT2D eigenvalue weighted by Crippen LogP contribution is 2.28. The van der Waals surface area contributed by atoms with Gasteiger partial charge in [0.25, 0.3) is 15.9 Å². The Hall–Kier alpha value is -3.69. The summed E-state index contributed by atoms with van der Waals surface area (Å²) >= 11 is 1.28. The third-order valence-corrected chi connectivity index (χ3v) is 6.98. The molecule has 0 aliphatic carbocycles. The lowest BCUT2D eigenvalue weighted by Crippen LogP contribution is -2.18. The number of benzene rings is 3. The van der Waals surface area contributed by atoms with Crippen molar-refractivity contribution in [2.45, 2.75) is 11.8 Å². The number of aromatic nitrogens is 1. The Bertz CT molecular complexity index is 1380. The molecule has 0 aliphatic heterocycles. The Kier molecular flexibility index (Phi) is 6.43. The molecule has 7 nitrogen and oxygen atoms in total. The molecule has 9 heteroatoms. The van der Waals surface area contributed by atoms with Crippen LogP contribution in [0.2, 0.25) is 0 Å². The summed E-state index contributed by atoms with van der Waals surface area (Å²) in [7, 11) is -2.42. The van der Waals surface area contributed by atoms with E-state index in [0.717, 1.165) is 16.8 Å². The van der Waals surface area contributed by atoms with Gasteiger partial charge in [0.1, 0.15) is 5.75 Å². The molecule has 2 N–H and O–H groups in total. The second-order valence-electron chi connectivity index (χ2n) is 7.19. The third-order valence-electron chi connectivity index (χ3n) is 4.84. The lowest BCUT2D eigenvalue weighted by molar-refractivity contribution is 0.102. The van der Waals surface area contributed by atoms with Gasteiger partial charge in [-0.3, -0.25) is 14.8 Å². The number of rotatable bonds is 7. The quantitative estimate of drug-likeness (QED) is 0.381. The minimum Gasteiger partial charge on any atom is -0.497 e. The van der Waals surface area contributed by atoms with Gasteiger partial charge in [0.2, 0.25) is 0 Å². The standard InChI is InChI=1S/C24H21N3O4S2/c1-16-8-11-19(12-9-16)33(29,30)27-21-13-10-18(31-2)14-20(21)23(28)26-24-25-22(15-32-24)17-6-4-3-5-7-17/h3-15,27H,1-2H3,(H,25,26,28). The van der Waals surface area contributed by atoms with Gasteiger partial charge in [-0.15, -0.1) is 11.3 Å². The summed E-state index contributed by atoms with van der Waals surface area (Å²) in [4.78, 5) is 17.6. The first-order chi connectivity index (χ1) is 15.9. The highest BCUT2D eigenvalue weighted by molar-refractivity contribution is 7.92. The number of thiazole rings is 1. The van der Waals surface area contributed by atoms with E-state index in [1.165, 1.54) is 42.7 Å². The molecule has 3 aromatic carbocycles. The molecule has 1 aromatic heterocycles. The number of nitrogens with zero attached hydrogens (tertiary/aromatic N) is 1. The average molecular weight is 480 g/mol. The SMILES string of the molecule is COc1ccc(NS(=O)(=O)c2ccc(C)cc2)c(C(=O)Nc2nc(-c3ccccc3)cs2)c1. The van der Waals surface area contributed by atoms with Gasteiger partial charge in [0.05, 0.1) is 29.0 Å². The first kappa shape index (κ1) is 22.5. The van der Waals surface area contributed by atoms with Crippen molar-refractivity contribution in [1.82, 2.24) is 4.98 Å². The van der Waals surface area contributed by atoms with Gasteiger partial charge < -0.3 is 4.74 Å². The Labute approximate surface area is 196 Å². The van der Waals surface area contributed by atoms with E-state index >= 15 is 0 Å². The van der Waals surface area contributed by atoms with Gasteiger partial charge in [-0.05, 0) is 37.3 Å². The van der Waals surface area contributed by atoms with Gasteiger partial charge in [-0.2, -0.15) is 0 Å². The van der Waals surface area contributed by atoms with E-state index in [-0.39, 0.29) is 16.1 Å². The fourth-order valence-corrected chi connectivity index (χ4v) is 4.88. The first-order valence-corrected chi connectivity index (χ1v) is 12.3. The number of carbonyl (C=O) groups is 1. The minimum atomic E-state index is -3.89. The van der Waals surface area contributed by atoms with Crippen molar-refractivity contribution in [3.63, 3.8) is 0 Å². The monoisotopic (exact) mass is 479 g/mol. The second kappa shape index (κ2) is 9.43.